The molecule has 0 radical (unpaired) electrons. The van der Waals surface area contributed by atoms with Crippen molar-refractivity contribution < 1.29 is 19.1 Å². The lowest BCUT2D eigenvalue weighted by Crippen LogP contribution is -2.42. The van der Waals surface area contributed by atoms with Crippen molar-refractivity contribution in [1.82, 2.24) is 9.80 Å². The van der Waals surface area contributed by atoms with Gasteiger partial charge in [0.2, 0.25) is 11.8 Å². The Morgan fingerprint density at radius 2 is 1.89 bits per heavy atom. The second kappa shape index (κ2) is 8.39. The van der Waals surface area contributed by atoms with Crippen molar-refractivity contribution in [2.45, 2.75) is 6.42 Å². The van der Waals surface area contributed by atoms with Gasteiger partial charge in [-0.15, -0.1) is 0 Å². The Kier molecular flexibility index (Phi) is 5.73. The lowest BCUT2D eigenvalue weighted by molar-refractivity contribution is -0.134. The summed E-state index contributed by atoms with van der Waals surface area (Å²) >= 11 is 1.90. The van der Waals surface area contributed by atoms with Gasteiger partial charge >= 0.3 is 0 Å². The van der Waals surface area contributed by atoms with E-state index >= 15 is 0 Å². The molecule has 2 amide bonds. The molecule has 8 heteroatoms. The van der Waals surface area contributed by atoms with Gasteiger partial charge in [-0.2, -0.15) is 11.8 Å². The number of rotatable bonds is 4. The SMILES string of the molecule is O=C(CN1CCC(C(=O)N2CCSCC2)C1)Nc1ccc2c(c1)OCCO2. The Balaban J connectivity index is 1.27. The molecule has 27 heavy (non-hydrogen) atoms. The minimum Gasteiger partial charge on any atom is -0.486 e. The first-order valence-corrected chi connectivity index (χ1v) is 10.6. The van der Waals surface area contributed by atoms with Crippen molar-refractivity contribution in [3.8, 4) is 11.5 Å². The van der Waals surface area contributed by atoms with Crippen LogP contribution in [0.4, 0.5) is 5.69 Å². The average Bonchev–Trinajstić information content (AvgIpc) is 3.16. The third kappa shape index (κ3) is 4.50. The fourth-order valence-electron chi connectivity index (χ4n) is 3.74. The van der Waals surface area contributed by atoms with E-state index in [1.54, 1.807) is 6.07 Å². The molecule has 0 aromatic heterocycles. The monoisotopic (exact) mass is 391 g/mol. The smallest absolute Gasteiger partial charge is 0.238 e. The van der Waals surface area contributed by atoms with E-state index in [1.807, 2.05) is 28.8 Å². The predicted octanol–water partition coefficient (Wildman–Crippen LogP) is 1.29. The minimum absolute atomic E-state index is 0.0233. The number of benzene rings is 1. The summed E-state index contributed by atoms with van der Waals surface area (Å²) in [7, 11) is 0. The first kappa shape index (κ1) is 18.4. The number of hydrogen-bond donors (Lipinski definition) is 1. The first-order chi connectivity index (χ1) is 13.2. The van der Waals surface area contributed by atoms with Crippen molar-refractivity contribution in [3.05, 3.63) is 18.2 Å². The van der Waals surface area contributed by atoms with Gasteiger partial charge in [0.1, 0.15) is 13.2 Å². The van der Waals surface area contributed by atoms with E-state index in [0.717, 1.165) is 37.6 Å². The van der Waals surface area contributed by atoms with Crippen molar-refractivity contribution >= 4 is 29.3 Å². The Hall–Kier alpha value is -1.93. The van der Waals surface area contributed by atoms with Crippen LogP contribution in [0.3, 0.4) is 0 Å². The molecular formula is C19H25N3O4S. The summed E-state index contributed by atoms with van der Waals surface area (Å²) in [5, 5.41) is 2.91. The van der Waals surface area contributed by atoms with Crippen LogP contribution in [0.1, 0.15) is 6.42 Å². The molecule has 2 fully saturated rings. The Bertz CT molecular complexity index is 708. The maximum absolute atomic E-state index is 12.6. The topological polar surface area (TPSA) is 71.1 Å². The molecule has 1 atom stereocenters. The van der Waals surface area contributed by atoms with Crippen molar-refractivity contribution in [2.24, 2.45) is 5.92 Å². The standard InChI is InChI=1S/C19H25N3O4S/c23-18(20-15-1-2-16-17(11-15)26-8-7-25-16)13-21-4-3-14(12-21)19(24)22-5-9-27-10-6-22/h1-2,11,14H,3-10,12-13H2,(H,20,23). The Morgan fingerprint density at radius 3 is 2.70 bits per heavy atom. The second-order valence-electron chi connectivity index (χ2n) is 7.06. The van der Waals surface area contributed by atoms with Gasteiger partial charge < -0.3 is 19.7 Å². The van der Waals surface area contributed by atoms with Crippen LogP contribution in [-0.2, 0) is 9.59 Å². The number of carbonyl (C=O) groups is 2. The molecule has 7 nitrogen and oxygen atoms in total. The zero-order valence-corrected chi connectivity index (χ0v) is 16.1. The number of hydrogen-bond acceptors (Lipinski definition) is 6. The van der Waals surface area contributed by atoms with Gasteiger partial charge in [-0.1, -0.05) is 0 Å². The maximum atomic E-state index is 12.6. The third-order valence-electron chi connectivity index (χ3n) is 5.14. The fourth-order valence-corrected chi connectivity index (χ4v) is 4.65. The van der Waals surface area contributed by atoms with E-state index in [4.69, 9.17) is 9.47 Å². The molecule has 0 bridgehead atoms. The van der Waals surface area contributed by atoms with Gasteiger partial charge in [0.25, 0.3) is 0 Å². The fraction of sp³-hybridized carbons (Fsp3) is 0.579. The van der Waals surface area contributed by atoms with E-state index in [0.29, 0.717) is 43.5 Å². The molecule has 146 valence electrons. The minimum atomic E-state index is -0.0749. The van der Waals surface area contributed by atoms with Gasteiger partial charge in [0.15, 0.2) is 11.5 Å². The van der Waals surface area contributed by atoms with Gasteiger partial charge in [-0.05, 0) is 25.1 Å². The average molecular weight is 391 g/mol. The first-order valence-electron chi connectivity index (χ1n) is 9.47. The zero-order chi connectivity index (χ0) is 18.6. The lowest BCUT2D eigenvalue weighted by atomic mass is 10.1. The van der Waals surface area contributed by atoms with Crippen LogP contribution in [0, 0.1) is 5.92 Å². The van der Waals surface area contributed by atoms with Crippen molar-refractivity contribution in [1.29, 1.82) is 0 Å². The highest BCUT2D eigenvalue weighted by Gasteiger charge is 2.32. The molecule has 2 saturated heterocycles. The summed E-state index contributed by atoms with van der Waals surface area (Å²) in [6.07, 6.45) is 0.833. The summed E-state index contributed by atoms with van der Waals surface area (Å²) in [6, 6.07) is 5.42. The van der Waals surface area contributed by atoms with Gasteiger partial charge in [0.05, 0.1) is 12.5 Å². The highest BCUT2D eigenvalue weighted by Crippen LogP contribution is 2.32. The molecule has 3 aliphatic rings. The number of nitrogens with zero attached hydrogens (tertiary/aromatic N) is 2. The van der Waals surface area contributed by atoms with E-state index in [9.17, 15) is 9.59 Å². The molecule has 3 heterocycles. The normalized spacial score (nSPS) is 22.5. The van der Waals surface area contributed by atoms with Gasteiger partial charge in [-0.3, -0.25) is 14.5 Å². The Morgan fingerprint density at radius 1 is 1.11 bits per heavy atom. The molecule has 3 aliphatic heterocycles. The zero-order valence-electron chi connectivity index (χ0n) is 15.3. The van der Waals surface area contributed by atoms with Crippen LogP contribution in [0.2, 0.25) is 0 Å². The van der Waals surface area contributed by atoms with E-state index in [-0.39, 0.29) is 17.7 Å². The predicted molar refractivity (Wildman–Crippen MR) is 105 cm³/mol. The third-order valence-corrected chi connectivity index (χ3v) is 6.08. The molecule has 1 aromatic carbocycles. The highest BCUT2D eigenvalue weighted by atomic mass is 32.2. The maximum Gasteiger partial charge on any atom is 0.238 e. The molecule has 0 saturated carbocycles. The molecule has 4 rings (SSSR count). The number of carbonyl (C=O) groups excluding carboxylic acids is 2. The number of likely N-dealkylation sites (tertiary alicyclic amines) is 1. The summed E-state index contributed by atoms with van der Waals surface area (Å²) in [5.74, 6) is 3.62. The number of anilines is 1. The van der Waals surface area contributed by atoms with Crippen LogP contribution in [0.15, 0.2) is 18.2 Å². The number of thioether (sulfide) groups is 1. The van der Waals surface area contributed by atoms with Gasteiger partial charge in [0, 0.05) is 42.9 Å². The van der Waals surface area contributed by atoms with Crippen LogP contribution in [-0.4, -0.2) is 79.1 Å². The number of nitrogens with one attached hydrogen (secondary N) is 1. The summed E-state index contributed by atoms with van der Waals surface area (Å²) in [4.78, 5) is 29.1. The largest absolute Gasteiger partial charge is 0.486 e. The van der Waals surface area contributed by atoms with Crippen LogP contribution >= 0.6 is 11.8 Å². The summed E-state index contributed by atoms with van der Waals surface area (Å²) in [5.41, 5.74) is 0.696. The van der Waals surface area contributed by atoms with E-state index < -0.39 is 0 Å². The van der Waals surface area contributed by atoms with Crippen LogP contribution in [0.25, 0.3) is 0 Å². The molecular weight excluding hydrogens is 366 g/mol. The lowest BCUT2D eigenvalue weighted by Gasteiger charge is -2.28. The van der Waals surface area contributed by atoms with Crippen molar-refractivity contribution in [3.63, 3.8) is 0 Å². The summed E-state index contributed by atoms with van der Waals surface area (Å²) < 4.78 is 11.0. The number of amides is 2. The molecule has 1 N–H and O–H groups in total. The number of ether oxygens (including phenoxy) is 2. The van der Waals surface area contributed by atoms with E-state index in [1.165, 1.54) is 0 Å². The summed E-state index contributed by atoms with van der Waals surface area (Å²) in [6.45, 7) is 4.51. The highest BCUT2D eigenvalue weighted by molar-refractivity contribution is 7.99. The molecule has 0 aliphatic carbocycles. The Labute approximate surface area is 163 Å². The molecule has 1 unspecified atom stereocenters. The molecule has 0 spiro atoms. The molecule has 1 aromatic rings. The quantitative estimate of drug-likeness (QED) is 0.834. The van der Waals surface area contributed by atoms with Crippen LogP contribution < -0.4 is 14.8 Å². The van der Waals surface area contributed by atoms with Crippen LogP contribution in [0.5, 0.6) is 11.5 Å². The van der Waals surface area contributed by atoms with Crippen molar-refractivity contribution in [2.75, 3.05) is 62.8 Å². The second-order valence-corrected chi connectivity index (χ2v) is 8.29. The number of fused-ring (bicyclic) bond motifs is 1. The van der Waals surface area contributed by atoms with E-state index in [2.05, 4.69) is 10.2 Å². The van der Waals surface area contributed by atoms with Gasteiger partial charge in [-0.25, -0.2) is 0 Å².